The summed E-state index contributed by atoms with van der Waals surface area (Å²) in [6, 6.07) is 7.98. The Hall–Kier alpha value is -2.15. The highest BCUT2D eigenvalue weighted by Crippen LogP contribution is 2.17. The number of nitriles is 1. The molecule has 1 aromatic carbocycles. The van der Waals surface area contributed by atoms with E-state index < -0.39 is 0 Å². The quantitative estimate of drug-likeness (QED) is 0.709. The molecule has 0 aliphatic heterocycles. The number of aromatic nitrogens is 2. The molecule has 1 heterocycles. The van der Waals surface area contributed by atoms with E-state index in [4.69, 9.17) is 5.26 Å². The Labute approximate surface area is 86.4 Å². The van der Waals surface area contributed by atoms with Crippen LogP contribution >= 0.6 is 0 Å². The average molecular weight is 201 g/mol. The maximum Gasteiger partial charge on any atom is 0.159 e. The SMILES string of the molecule is Cn1cc(C#N)nc1-c1ccc(F)cc1. The molecule has 0 spiro atoms. The van der Waals surface area contributed by atoms with Crippen LogP contribution in [0.1, 0.15) is 5.69 Å². The van der Waals surface area contributed by atoms with Crippen molar-refractivity contribution in [2.45, 2.75) is 0 Å². The third kappa shape index (κ3) is 1.72. The van der Waals surface area contributed by atoms with Crippen LogP contribution in [0.4, 0.5) is 4.39 Å². The third-order valence-corrected chi connectivity index (χ3v) is 2.09. The molecule has 0 saturated heterocycles. The predicted molar refractivity (Wildman–Crippen MR) is 53.3 cm³/mol. The number of rotatable bonds is 1. The first-order chi connectivity index (χ1) is 7.20. The van der Waals surface area contributed by atoms with E-state index in [1.165, 1.54) is 12.1 Å². The maximum absolute atomic E-state index is 12.7. The minimum atomic E-state index is -0.284. The van der Waals surface area contributed by atoms with Crippen molar-refractivity contribution in [3.63, 3.8) is 0 Å². The summed E-state index contributed by atoms with van der Waals surface area (Å²) in [6.07, 6.45) is 1.64. The van der Waals surface area contributed by atoms with Gasteiger partial charge in [0.05, 0.1) is 0 Å². The van der Waals surface area contributed by atoms with Crippen LogP contribution in [0.15, 0.2) is 30.5 Å². The summed E-state index contributed by atoms with van der Waals surface area (Å²) >= 11 is 0. The molecule has 4 heteroatoms. The number of imidazole rings is 1. The van der Waals surface area contributed by atoms with Gasteiger partial charge in [-0.2, -0.15) is 5.26 Å². The third-order valence-electron chi connectivity index (χ3n) is 2.09. The van der Waals surface area contributed by atoms with Gasteiger partial charge in [0.2, 0.25) is 0 Å². The van der Waals surface area contributed by atoms with Crippen molar-refractivity contribution in [3.05, 3.63) is 42.0 Å². The van der Waals surface area contributed by atoms with Crippen molar-refractivity contribution < 1.29 is 4.39 Å². The van der Waals surface area contributed by atoms with Crippen molar-refractivity contribution in [3.8, 4) is 17.5 Å². The van der Waals surface area contributed by atoms with Gasteiger partial charge in [0.1, 0.15) is 17.7 Å². The summed E-state index contributed by atoms with van der Waals surface area (Å²) < 4.78 is 14.4. The molecule has 74 valence electrons. The normalized spacial score (nSPS) is 9.93. The molecule has 15 heavy (non-hydrogen) atoms. The van der Waals surface area contributed by atoms with E-state index in [-0.39, 0.29) is 5.82 Å². The van der Waals surface area contributed by atoms with E-state index in [1.807, 2.05) is 6.07 Å². The van der Waals surface area contributed by atoms with Crippen LogP contribution < -0.4 is 0 Å². The Morgan fingerprint density at radius 2 is 2.00 bits per heavy atom. The van der Waals surface area contributed by atoms with Gasteiger partial charge in [0.25, 0.3) is 0 Å². The van der Waals surface area contributed by atoms with Crippen molar-refractivity contribution in [1.29, 1.82) is 5.26 Å². The summed E-state index contributed by atoms with van der Waals surface area (Å²) in [4.78, 5) is 4.11. The van der Waals surface area contributed by atoms with Gasteiger partial charge in [-0.1, -0.05) is 0 Å². The number of aryl methyl sites for hydroxylation is 1. The number of hydrogen-bond donors (Lipinski definition) is 0. The highest BCUT2D eigenvalue weighted by Gasteiger charge is 2.06. The molecular formula is C11H8FN3. The van der Waals surface area contributed by atoms with Gasteiger partial charge < -0.3 is 4.57 Å². The van der Waals surface area contributed by atoms with Crippen LogP contribution in [-0.4, -0.2) is 9.55 Å². The zero-order valence-corrected chi connectivity index (χ0v) is 8.11. The van der Waals surface area contributed by atoms with Gasteiger partial charge in [0, 0.05) is 18.8 Å². The maximum atomic E-state index is 12.7. The summed E-state index contributed by atoms with van der Waals surface area (Å²) in [7, 11) is 1.80. The number of halogens is 1. The van der Waals surface area contributed by atoms with Gasteiger partial charge in [0.15, 0.2) is 5.69 Å². The first kappa shape index (κ1) is 9.41. The Morgan fingerprint density at radius 3 is 2.53 bits per heavy atom. The van der Waals surface area contributed by atoms with Crippen LogP contribution in [0, 0.1) is 17.1 Å². The lowest BCUT2D eigenvalue weighted by Gasteiger charge is -2.00. The highest BCUT2D eigenvalue weighted by molar-refractivity contribution is 5.56. The average Bonchev–Trinajstić information content (AvgIpc) is 2.61. The van der Waals surface area contributed by atoms with Crippen molar-refractivity contribution in [1.82, 2.24) is 9.55 Å². The number of nitrogens with zero attached hydrogens (tertiary/aromatic N) is 3. The lowest BCUT2D eigenvalue weighted by atomic mass is 10.2. The Kier molecular flexibility index (Phi) is 2.22. The molecule has 0 bridgehead atoms. The number of benzene rings is 1. The molecule has 0 saturated carbocycles. The van der Waals surface area contributed by atoms with Crippen LogP contribution in [0.25, 0.3) is 11.4 Å². The van der Waals surface area contributed by atoms with Gasteiger partial charge in [-0.25, -0.2) is 9.37 Å². The zero-order valence-electron chi connectivity index (χ0n) is 8.11. The fraction of sp³-hybridized carbons (Fsp3) is 0.0909. The largest absolute Gasteiger partial charge is 0.333 e. The van der Waals surface area contributed by atoms with Gasteiger partial charge >= 0.3 is 0 Å². The van der Waals surface area contributed by atoms with E-state index >= 15 is 0 Å². The van der Waals surface area contributed by atoms with E-state index in [0.29, 0.717) is 11.5 Å². The molecule has 0 aliphatic rings. The fourth-order valence-corrected chi connectivity index (χ4v) is 1.39. The molecule has 3 nitrogen and oxygen atoms in total. The molecule has 1 aromatic heterocycles. The van der Waals surface area contributed by atoms with Crippen LogP contribution in [0.3, 0.4) is 0 Å². The lowest BCUT2D eigenvalue weighted by Crippen LogP contribution is -1.90. The van der Waals surface area contributed by atoms with E-state index in [2.05, 4.69) is 4.98 Å². The van der Waals surface area contributed by atoms with Crippen molar-refractivity contribution >= 4 is 0 Å². The highest BCUT2D eigenvalue weighted by atomic mass is 19.1. The first-order valence-corrected chi connectivity index (χ1v) is 4.40. The molecule has 0 amide bonds. The molecule has 0 unspecified atom stereocenters. The van der Waals surface area contributed by atoms with Crippen LogP contribution in [-0.2, 0) is 7.05 Å². The molecule has 0 atom stereocenters. The standard InChI is InChI=1S/C11H8FN3/c1-15-7-10(6-13)14-11(15)8-2-4-9(12)5-3-8/h2-5,7H,1H3. The molecule has 2 aromatic rings. The molecule has 0 aliphatic carbocycles. The molecule has 0 fully saturated rings. The second-order valence-electron chi connectivity index (χ2n) is 3.18. The summed E-state index contributed by atoms with van der Waals surface area (Å²) in [6.45, 7) is 0. The smallest absolute Gasteiger partial charge is 0.159 e. The van der Waals surface area contributed by atoms with E-state index in [9.17, 15) is 4.39 Å². The molecular weight excluding hydrogens is 193 g/mol. The van der Waals surface area contributed by atoms with Crippen molar-refractivity contribution in [2.24, 2.45) is 7.05 Å². The van der Waals surface area contributed by atoms with Crippen LogP contribution in [0.5, 0.6) is 0 Å². The first-order valence-electron chi connectivity index (χ1n) is 4.40. The van der Waals surface area contributed by atoms with Crippen LogP contribution in [0.2, 0.25) is 0 Å². The fourth-order valence-electron chi connectivity index (χ4n) is 1.39. The Bertz CT molecular complexity index is 520. The van der Waals surface area contributed by atoms with Crippen molar-refractivity contribution in [2.75, 3.05) is 0 Å². The summed E-state index contributed by atoms with van der Waals surface area (Å²) in [5.41, 5.74) is 1.15. The monoisotopic (exact) mass is 201 g/mol. The van der Waals surface area contributed by atoms with E-state index in [0.717, 1.165) is 5.56 Å². The summed E-state index contributed by atoms with van der Waals surface area (Å²) in [5.74, 6) is 0.375. The topological polar surface area (TPSA) is 41.6 Å². The molecule has 2 rings (SSSR count). The van der Waals surface area contributed by atoms with Gasteiger partial charge in [-0.05, 0) is 24.3 Å². The Balaban J connectivity index is 2.50. The number of hydrogen-bond acceptors (Lipinski definition) is 2. The molecule has 0 N–H and O–H groups in total. The zero-order chi connectivity index (χ0) is 10.8. The second kappa shape index (κ2) is 3.54. The second-order valence-corrected chi connectivity index (χ2v) is 3.18. The lowest BCUT2D eigenvalue weighted by molar-refractivity contribution is 0.628. The minimum absolute atomic E-state index is 0.284. The minimum Gasteiger partial charge on any atom is -0.333 e. The predicted octanol–water partition coefficient (Wildman–Crippen LogP) is 2.10. The van der Waals surface area contributed by atoms with Gasteiger partial charge in [-0.3, -0.25) is 0 Å². The molecule has 0 radical (unpaired) electrons. The van der Waals surface area contributed by atoms with Gasteiger partial charge in [-0.15, -0.1) is 0 Å². The Morgan fingerprint density at radius 1 is 1.33 bits per heavy atom. The summed E-state index contributed by atoms with van der Waals surface area (Å²) in [5, 5.41) is 8.68. The van der Waals surface area contributed by atoms with E-state index in [1.54, 1.807) is 29.9 Å².